The molecule has 1 aromatic heterocycles. The van der Waals surface area contributed by atoms with Gasteiger partial charge in [-0.25, -0.2) is 13.1 Å². The zero-order chi connectivity index (χ0) is 24.6. The molecule has 1 heterocycles. The highest BCUT2D eigenvalue weighted by atomic mass is 32.2. The molecule has 3 rings (SSSR count). The van der Waals surface area contributed by atoms with Crippen LogP contribution in [0.3, 0.4) is 0 Å². The molecule has 3 N–H and O–H groups in total. The van der Waals surface area contributed by atoms with E-state index in [1.54, 1.807) is 22.9 Å². The van der Waals surface area contributed by atoms with Crippen molar-refractivity contribution in [3.05, 3.63) is 81.7 Å². The van der Waals surface area contributed by atoms with Gasteiger partial charge in [0.1, 0.15) is 5.69 Å². The van der Waals surface area contributed by atoms with Gasteiger partial charge in [0.2, 0.25) is 0 Å². The molecule has 0 spiro atoms. The summed E-state index contributed by atoms with van der Waals surface area (Å²) in [5.74, 6) is -0.719. The average molecular weight is 469 g/mol. The van der Waals surface area contributed by atoms with Gasteiger partial charge in [-0.2, -0.15) is 5.10 Å². The molecule has 0 saturated carbocycles. The number of carbonyl (C=O) groups is 1. The molecule has 0 bridgehead atoms. The van der Waals surface area contributed by atoms with Gasteiger partial charge < -0.3 is 5.73 Å². The second-order valence-corrected chi connectivity index (χ2v) is 11.2. The summed E-state index contributed by atoms with van der Waals surface area (Å²) in [5.41, 5.74) is 11.4. The Balaban J connectivity index is 1.99. The molecule has 0 radical (unpaired) electrons. The molecule has 33 heavy (non-hydrogen) atoms. The maximum atomic E-state index is 13.2. The van der Waals surface area contributed by atoms with Crippen molar-refractivity contribution < 1.29 is 13.2 Å². The molecule has 8 heteroatoms. The Kier molecular flexibility index (Phi) is 6.81. The summed E-state index contributed by atoms with van der Waals surface area (Å²) in [4.78, 5) is 13.2. The quantitative estimate of drug-likeness (QED) is 0.573. The zero-order valence-electron chi connectivity index (χ0n) is 20.1. The number of amides is 1. The van der Waals surface area contributed by atoms with Crippen LogP contribution in [-0.4, -0.2) is 24.1 Å². The Morgan fingerprint density at radius 1 is 1.03 bits per heavy atom. The Hall–Kier alpha value is -2.97. The van der Waals surface area contributed by atoms with Gasteiger partial charge in [0.25, 0.3) is 15.9 Å². The van der Waals surface area contributed by atoms with Crippen molar-refractivity contribution in [3.63, 3.8) is 0 Å². The van der Waals surface area contributed by atoms with Crippen LogP contribution in [-0.2, 0) is 28.5 Å². The van der Waals surface area contributed by atoms with Crippen LogP contribution < -0.4 is 10.5 Å². The minimum Gasteiger partial charge on any atom is -0.326 e. The van der Waals surface area contributed by atoms with Gasteiger partial charge in [0.15, 0.2) is 0 Å². The molecule has 7 nitrogen and oxygen atoms in total. The Labute approximate surface area is 196 Å². The summed E-state index contributed by atoms with van der Waals surface area (Å²) in [6.45, 7) is 12.8. The van der Waals surface area contributed by atoms with Gasteiger partial charge in [0.05, 0.1) is 17.1 Å². The maximum Gasteiger partial charge on any atom is 0.283 e. The number of nitrogens with two attached hydrogens (primary N) is 1. The van der Waals surface area contributed by atoms with Crippen molar-refractivity contribution in [3.8, 4) is 0 Å². The number of hydrogen-bond acceptors (Lipinski definition) is 5. The maximum absolute atomic E-state index is 13.2. The van der Waals surface area contributed by atoms with Crippen molar-refractivity contribution >= 4 is 15.9 Å². The molecule has 176 valence electrons. The highest BCUT2D eigenvalue weighted by molar-refractivity contribution is 7.90. The third-order valence-corrected chi connectivity index (χ3v) is 6.97. The van der Waals surface area contributed by atoms with E-state index in [4.69, 9.17) is 5.73 Å². The first kappa shape index (κ1) is 24.7. The summed E-state index contributed by atoms with van der Waals surface area (Å²) in [5, 5.41) is 4.68. The SMILES string of the molecule is Cc1cc(C)c(Cn2nc(C(C)(C)C)cc2C(=O)NS(=O)(=O)c2ccc(CN)cc2)c(C)c1. The summed E-state index contributed by atoms with van der Waals surface area (Å²) in [6.07, 6.45) is 0. The predicted molar refractivity (Wildman–Crippen MR) is 130 cm³/mol. The van der Waals surface area contributed by atoms with E-state index in [9.17, 15) is 13.2 Å². The van der Waals surface area contributed by atoms with Crippen LogP contribution in [0.1, 0.15) is 64.8 Å². The molecule has 0 aliphatic heterocycles. The van der Waals surface area contributed by atoms with Crippen LogP contribution in [0, 0.1) is 20.8 Å². The van der Waals surface area contributed by atoms with E-state index in [0.29, 0.717) is 18.8 Å². The van der Waals surface area contributed by atoms with E-state index in [0.717, 1.165) is 27.8 Å². The van der Waals surface area contributed by atoms with Crippen molar-refractivity contribution in [1.82, 2.24) is 14.5 Å². The average Bonchev–Trinajstić information content (AvgIpc) is 3.15. The van der Waals surface area contributed by atoms with E-state index in [1.165, 1.54) is 12.1 Å². The predicted octanol–water partition coefficient (Wildman–Crippen LogP) is 3.73. The summed E-state index contributed by atoms with van der Waals surface area (Å²) >= 11 is 0. The van der Waals surface area contributed by atoms with Gasteiger partial charge in [-0.05, 0) is 61.2 Å². The monoisotopic (exact) mass is 468 g/mol. The molecule has 2 aromatic carbocycles. The molecular weight excluding hydrogens is 436 g/mol. The summed E-state index contributed by atoms with van der Waals surface area (Å²) in [7, 11) is -4.05. The first-order valence-corrected chi connectivity index (χ1v) is 12.3. The molecule has 1 amide bonds. The Morgan fingerprint density at radius 3 is 2.12 bits per heavy atom. The molecule has 3 aromatic rings. The normalized spacial score (nSPS) is 12.1. The molecule has 0 aliphatic carbocycles. The lowest BCUT2D eigenvalue weighted by Crippen LogP contribution is -2.32. The summed E-state index contributed by atoms with van der Waals surface area (Å²) in [6, 6.07) is 12.0. The van der Waals surface area contributed by atoms with Gasteiger partial charge in [0, 0.05) is 12.0 Å². The Bertz CT molecular complexity index is 1260. The zero-order valence-corrected chi connectivity index (χ0v) is 20.9. The molecule has 0 unspecified atom stereocenters. The fourth-order valence-electron chi connectivity index (χ4n) is 3.73. The molecule has 0 aliphatic rings. The largest absolute Gasteiger partial charge is 0.326 e. The van der Waals surface area contributed by atoms with Crippen molar-refractivity contribution in [2.45, 2.75) is 64.9 Å². The lowest BCUT2D eigenvalue weighted by atomic mass is 9.92. The highest BCUT2D eigenvalue weighted by Gasteiger charge is 2.26. The number of benzene rings is 2. The van der Waals surface area contributed by atoms with E-state index in [-0.39, 0.29) is 16.0 Å². The van der Waals surface area contributed by atoms with Crippen molar-refractivity contribution in [2.24, 2.45) is 5.73 Å². The first-order valence-electron chi connectivity index (χ1n) is 10.8. The lowest BCUT2D eigenvalue weighted by Gasteiger charge is -2.15. The third kappa shape index (κ3) is 5.51. The lowest BCUT2D eigenvalue weighted by molar-refractivity contribution is 0.0971. The van der Waals surface area contributed by atoms with Gasteiger partial charge in [-0.15, -0.1) is 0 Å². The Morgan fingerprint density at radius 2 is 1.61 bits per heavy atom. The van der Waals surface area contributed by atoms with E-state index < -0.39 is 15.9 Å². The number of sulfonamides is 1. The topological polar surface area (TPSA) is 107 Å². The van der Waals surface area contributed by atoms with Crippen LogP contribution in [0.4, 0.5) is 0 Å². The van der Waals surface area contributed by atoms with Crippen LogP contribution in [0.5, 0.6) is 0 Å². The second-order valence-electron chi connectivity index (χ2n) is 9.48. The minimum absolute atomic E-state index is 0.000355. The number of nitrogens with zero attached hydrogens (tertiary/aromatic N) is 2. The van der Waals surface area contributed by atoms with E-state index >= 15 is 0 Å². The number of nitrogens with one attached hydrogen (secondary N) is 1. The molecular formula is C25H32N4O3S. The number of aromatic nitrogens is 2. The van der Waals surface area contributed by atoms with Gasteiger partial charge >= 0.3 is 0 Å². The molecule has 0 saturated heterocycles. The fourth-order valence-corrected chi connectivity index (χ4v) is 4.69. The van der Waals surface area contributed by atoms with Crippen molar-refractivity contribution in [2.75, 3.05) is 0 Å². The number of carbonyl (C=O) groups excluding carboxylic acids is 1. The minimum atomic E-state index is -4.05. The van der Waals surface area contributed by atoms with E-state index in [2.05, 4.69) is 22.0 Å². The number of aryl methyl sites for hydroxylation is 3. The van der Waals surface area contributed by atoms with Crippen LogP contribution in [0.2, 0.25) is 0 Å². The van der Waals surface area contributed by atoms with Crippen LogP contribution in [0.15, 0.2) is 47.4 Å². The molecule has 0 fully saturated rings. The third-order valence-electron chi connectivity index (χ3n) is 5.63. The van der Waals surface area contributed by atoms with Gasteiger partial charge in [-0.3, -0.25) is 9.48 Å². The molecule has 0 atom stereocenters. The summed E-state index contributed by atoms with van der Waals surface area (Å²) < 4.78 is 29.5. The van der Waals surface area contributed by atoms with Crippen molar-refractivity contribution in [1.29, 1.82) is 0 Å². The fraction of sp³-hybridized carbons (Fsp3) is 0.360. The number of rotatable bonds is 6. The smallest absolute Gasteiger partial charge is 0.283 e. The van der Waals surface area contributed by atoms with Crippen LogP contribution in [0.25, 0.3) is 0 Å². The first-order chi connectivity index (χ1) is 15.3. The standard InChI is InChI=1S/C25H32N4O3S/c1-16-11-17(2)21(18(3)12-16)15-29-22(13-23(27-29)25(4,5)6)24(30)28-33(31,32)20-9-7-19(14-26)8-10-20/h7-13H,14-15,26H2,1-6H3,(H,28,30). The number of hydrogen-bond donors (Lipinski definition) is 2. The second kappa shape index (κ2) is 9.11. The van der Waals surface area contributed by atoms with Crippen LogP contribution >= 0.6 is 0 Å². The van der Waals surface area contributed by atoms with E-state index in [1.807, 2.05) is 41.5 Å². The highest BCUT2D eigenvalue weighted by Crippen LogP contribution is 2.24. The van der Waals surface area contributed by atoms with Gasteiger partial charge in [-0.1, -0.05) is 50.6 Å².